The average molecular weight is 886 g/mol. The van der Waals surface area contributed by atoms with Crippen molar-refractivity contribution in [3.8, 4) is 0 Å². The lowest BCUT2D eigenvalue weighted by Crippen LogP contribution is -2.60. The molecule has 1 heterocycles. The molecule has 1 amide bonds. The molecule has 0 saturated carbocycles. The first-order valence-corrected chi connectivity index (χ1v) is 25.7. The van der Waals surface area contributed by atoms with Gasteiger partial charge in [-0.15, -0.1) is 0 Å². The van der Waals surface area contributed by atoms with E-state index in [2.05, 4.69) is 79.9 Å². The molecule has 9 heteroatoms. The van der Waals surface area contributed by atoms with E-state index in [4.69, 9.17) is 9.47 Å². The molecule has 63 heavy (non-hydrogen) atoms. The fourth-order valence-corrected chi connectivity index (χ4v) is 7.70. The zero-order valence-corrected chi connectivity index (χ0v) is 40.1. The molecule has 1 aliphatic rings. The maximum Gasteiger partial charge on any atom is 0.220 e. The van der Waals surface area contributed by atoms with Crippen molar-refractivity contribution in [3.63, 3.8) is 0 Å². The van der Waals surface area contributed by atoms with Gasteiger partial charge in [-0.05, 0) is 64.2 Å². The van der Waals surface area contributed by atoms with E-state index in [1.807, 2.05) is 6.08 Å². The summed E-state index contributed by atoms with van der Waals surface area (Å²) in [6, 6.07) is -0.819. The van der Waals surface area contributed by atoms with Gasteiger partial charge in [-0.3, -0.25) is 4.79 Å². The zero-order valence-electron chi connectivity index (χ0n) is 40.1. The normalized spacial score (nSPS) is 20.8. The molecule has 0 radical (unpaired) electrons. The molecule has 0 aromatic rings. The number of amides is 1. The molecule has 0 spiro atoms. The van der Waals surface area contributed by atoms with Gasteiger partial charge in [0.25, 0.3) is 0 Å². The monoisotopic (exact) mass is 886 g/mol. The van der Waals surface area contributed by atoms with E-state index in [-0.39, 0.29) is 12.5 Å². The molecular weight excluding hydrogens is 791 g/mol. The molecule has 0 aromatic heterocycles. The fourth-order valence-electron chi connectivity index (χ4n) is 7.70. The van der Waals surface area contributed by atoms with Gasteiger partial charge < -0.3 is 40.3 Å². The van der Waals surface area contributed by atoms with Crippen LogP contribution in [-0.4, -0.2) is 87.5 Å². The Morgan fingerprint density at radius 3 is 1.51 bits per heavy atom. The first-order valence-electron chi connectivity index (χ1n) is 25.7. The minimum atomic E-state index is -1.57. The highest BCUT2D eigenvalue weighted by atomic mass is 16.7. The lowest BCUT2D eigenvalue weighted by atomic mass is 9.99. The van der Waals surface area contributed by atoms with Gasteiger partial charge in [-0.1, -0.05) is 209 Å². The lowest BCUT2D eigenvalue weighted by Gasteiger charge is -2.40. The van der Waals surface area contributed by atoms with Gasteiger partial charge in [0.2, 0.25) is 5.91 Å². The third-order valence-corrected chi connectivity index (χ3v) is 11.7. The van der Waals surface area contributed by atoms with Gasteiger partial charge in [0, 0.05) is 6.42 Å². The van der Waals surface area contributed by atoms with Crippen LogP contribution in [0, 0.1) is 0 Å². The fraction of sp³-hybridized carbons (Fsp3) is 0.759. The topological polar surface area (TPSA) is 149 Å². The van der Waals surface area contributed by atoms with Gasteiger partial charge >= 0.3 is 0 Å². The minimum absolute atomic E-state index is 0.192. The number of carbonyl (C=O) groups is 1. The summed E-state index contributed by atoms with van der Waals surface area (Å²) in [6.07, 6.45) is 53.0. The molecule has 364 valence electrons. The number of allylic oxidation sites excluding steroid dienone is 11. The Hall–Kier alpha value is -2.37. The highest BCUT2D eigenvalue weighted by Crippen LogP contribution is 2.23. The van der Waals surface area contributed by atoms with Gasteiger partial charge in [-0.2, -0.15) is 0 Å². The molecule has 1 fully saturated rings. The van der Waals surface area contributed by atoms with Crippen LogP contribution in [0.25, 0.3) is 0 Å². The molecule has 9 nitrogen and oxygen atoms in total. The lowest BCUT2D eigenvalue weighted by molar-refractivity contribution is -0.302. The van der Waals surface area contributed by atoms with Gasteiger partial charge in [0.1, 0.15) is 24.4 Å². The third kappa shape index (κ3) is 33.7. The van der Waals surface area contributed by atoms with Crippen molar-refractivity contribution < 1.29 is 39.8 Å². The van der Waals surface area contributed by atoms with E-state index in [1.165, 1.54) is 116 Å². The number of aliphatic hydroxyl groups excluding tert-OH is 5. The molecule has 0 bridgehead atoms. The van der Waals surface area contributed by atoms with E-state index in [0.717, 1.165) is 70.6 Å². The Bertz CT molecular complexity index is 1210. The summed E-state index contributed by atoms with van der Waals surface area (Å²) in [5.74, 6) is -0.192. The first kappa shape index (κ1) is 58.6. The quantitative estimate of drug-likeness (QED) is 0.0262. The van der Waals surface area contributed by atoms with Crippen LogP contribution in [0.4, 0.5) is 0 Å². The van der Waals surface area contributed by atoms with E-state index in [0.29, 0.717) is 6.42 Å². The molecule has 1 aliphatic heterocycles. The maximum absolute atomic E-state index is 12.9. The number of carbonyl (C=O) groups excluding carboxylic acids is 1. The number of rotatable bonds is 42. The Kier molecular flexibility index (Phi) is 40.5. The highest BCUT2D eigenvalue weighted by molar-refractivity contribution is 5.76. The Labute approximate surface area is 385 Å². The summed E-state index contributed by atoms with van der Waals surface area (Å²) in [7, 11) is 0. The van der Waals surface area contributed by atoms with Crippen LogP contribution in [0.3, 0.4) is 0 Å². The van der Waals surface area contributed by atoms with E-state index in [1.54, 1.807) is 6.08 Å². The predicted molar refractivity (Wildman–Crippen MR) is 262 cm³/mol. The molecule has 7 atom stereocenters. The van der Waals surface area contributed by atoms with Crippen LogP contribution in [0.1, 0.15) is 206 Å². The van der Waals surface area contributed by atoms with Crippen LogP contribution in [-0.2, 0) is 14.3 Å². The van der Waals surface area contributed by atoms with Gasteiger partial charge in [0.15, 0.2) is 6.29 Å². The number of hydrogen-bond acceptors (Lipinski definition) is 8. The van der Waals surface area contributed by atoms with E-state index in [9.17, 15) is 30.3 Å². The second kappa shape index (κ2) is 43.5. The van der Waals surface area contributed by atoms with Crippen molar-refractivity contribution in [2.24, 2.45) is 0 Å². The Morgan fingerprint density at radius 2 is 1.00 bits per heavy atom. The zero-order chi connectivity index (χ0) is 45.9. The molecule has 6 N–H and O–H groups in total. The van der Waals surface area contributed by atoms with Crippen LogP contribution < -0.4 is 5.32 Å². The largest absolute Gasteiger partial charge is 0.394 e. The summed E-state index contributed by atoms with van der Waals surface area (Å²) in [5, 5.41) is 53.9. The smallest absolute Gasteiger partial charge is 0.220 e. The van der Waals surface area contributed by atoms with Crippen LogP contribution in [0.2, 0.25) is 0 Å². The van der Waals surface area contributed by atoms with Crippen LogP contribution in [0.5, 0.6) is 0 Å². The predicted octanol–water partition coefficient (Wildman–Crippen LogP) is 11.7. The molecule has 0 aromatic carbocycles. The van der Waals surface area contributed by atoms with Crippen molar-refractivity contribution >= 4 is 5.91 Å². The van der Waals surface area contributed by atoms with Crippen molar-refractivity contribution in [1.29, 1.82) is 0 Å². The summed E-state index contributed by atoms with van der Waals surface area (Å²) in [6.45, 7) is 3.53. The second-order valence-electron chi connectivity index (χ2n) is 17.6. The van der Waals surface area contributed by atoms with Crippen molar-refractivity contribution in [2.75, 3.05) is 13.2 Å². The average Bonchev–Trinajstić information content (AvgIpc) is 3.28. The molecule has 7 unspecified atom stereocenters. The van der Waals surface area contributed by atoms with E-state index >= 15 is 0 Å². The molecular formula is C54H95NO8. The van der Waals surface area contributed by atoms with Gasteiger partial charge in [0.05, 0.1) is 25.4 Å². The molecule has 0 aliphatic carbocycles. The van der Waals surface area contributed by atoms with Crippen molar-refractivity contribution in [1.82, 2.24) is 5.32 Å². The second-order valence-corrected chi connectivity index (χ2v) is 17.6. The van der Waals surface area contributed by atoms with Crippen molar-refractivity contribution in [3.05, 3.63) is 72.9 Å². The standard InChI is InChI=1S/C54H95NO8/c1-3-5-7-9-11-12-13-14-15-16-17-18-19-20-21-22-23-24-25-26-27-28-29-30-31-32-33-34-35-36-38-40-42-44-50(58)55-47(48(57)43-41-39-37-10-8-6-4-2)46-62-54-53(61)52(60)51(59)49(45-56)63-54/h5,7-8,10-12,14-15,17-18,41,43,47-49,51-54,56-57,59-61H,3-4,6,9,13,16,19-40,42,44-46H2,1-2H3,(H,55,58)/b7-5-,10-8+,12-11-,15-14-,18-17-,43-41+. The Morgan fingerprint density at radius 1 is 0.556 bits per heavy atom. The number of nitrogens with one attached hydrogen (secondary N) is 1. The first-order chi connectivity index (χ1) is 30.8. The highest BCUT2D eigenvalue weighted by Gasteiger charge is 2.44. The minimum Gasteiger partial charge on any atom is -0.394 e. The van der Waals surface area contributed by atoms with E-state index < -0.39 is 49.5 Å². The van der Waals surface area contributed by atoms with Gasteiger partial charge in [-0.25, -0.2) is 0 Å². The number of aliphatic hydroxyl groups is 5. The molecule has 1 saturated heterocycles. The van der Waals surface area contributed by atoms with Crippen molar-refractivity contribution in [2.45, 2.75) is 249 Å². The molecule has 1 rings (SSSR count). The van der Waals surface area contributed by atoms with Crippen LogP contribution >= 0.6 is 0 Å². The number of ether oxygens (including phenoxy) is 2. The summed E-state index contributed by atoms with van der Waals surface area (Å²) < 4.78 is 11.1. The third-order valence-electron chi connectivity index (χ3n) is 11.7. The summed E-state index contributed by atoms with van der Waals surface area (Å²) >= 11 is 0. The summed E-state index contributed by atoms with van der Waals surface area (Å²) in [5.41, 5.74) is 0. The Balaban J connectivity index is 2.05. The summed E-state index contributed by atoms with van der Waals surface area (Å²) in [4.78, 5) is 12.9. The van der Waals surface area contributed by atoms with Crippen LogP contribution in [0.15, 0.2) is 72.9 Å². The maximum atomic E-state index is 12.9. The SMILES string of the molecule is CC/C=C\C/C=C\C/C=C\C/C=C\CCCCCCCCCCCCCCCCCCCCCCC(=O)NC(COC1OC(CO)C(O)C(O)C1O)C(O)/C=C/CC/C=C/CCC. The number of unbranched alkanes of at least 4 members (excludes halogenated alkanes) is 22. The number of hydrogen-bond donors (Lipinski definition) is 6.